The molecular weight excluding hydrogens is 329 g/mol. The molecule has 1 unspecified atom stereocenters. The van der Waals surface area contributed by atoms with E-state index >= 15 is 0 Å². The molecule has 0 bridgehead atoms. The van der Waals surface area contributed by atoms with Crippen LogP contribution in [0.5, 0.6) is 0 Å². The van der Waals surface area contributed by atoms with Crippen molar-refractivity contribution < 1.29 is 23.1 Å². The molecule has 0 aliphatic heterocycles. The van der Waals surface area contributed by atoms with Crippen LogP contribution in [0.4, 0.5) is 13.2 Å². The first-order valence-electron chi connectivity index (χ1n) is 8.45. The molecule has 3 rings (SSSR count). The van der Waals surface area contributed by atoms with Crippen molar-refractivity contribution in [2.24, 2.45) is 5.92 Å². The van der Waals surface area contributed by atoms with Crippen molar-refractivity contribution in [1.29, 1.82) is 0 Å². The number of hydrogen-bond donors (Lipinski definition) is 1. The fourth-order valence-electron chi connectivity index (χ4n) is 3.69. The molecule has 0 saturated heterocycles. The molecule has 1 aliphatic rings. The standard InChI is InChI=1S/C20H19F3O2/c1-2-3-11-4-6-14-12(8-11)5-7-15(19(14)23)13-9-16(21)18(20(24)25)17(22)10-13/h5,7,9-11H,2-4,6,8H2,1H3,(H,24,25). The number of benzene rings is 2. The lowest BCUT2D eigenvalue weighted by molar-refractivity contribution is 0.0686. The molecule has 0 heterocycles. The number of aromatic carboxylic acids is 1. The minimum atomic E-state index is -1.69. The van der Waals surface area contributed by atoms with Crippen LogP contribution in [0.2, 0.25) is 0 Å². The monoisotopic (exact) mass is 348 g/mol. The number of rotatable bonds is 4. The summed E-state index contributed by atoms with van der Waals surface area (Å²) in [4.78, 5) is 10.9. The lowest BCUT2D eigenvalue weighted by Gasteiger charge is -2.25. The van der Waals surface area contributed by atoms with Gasteiger partial charge in [0.2, 0.25) is 0 Å². The third kappa shape index (κ3) is 3.28. The Hall–Kier alpha value is -2.30. The van der Waals surface area contributed by atoms with E-state index in [1.165, 1.54) is 6.07 Å². The summed E-state index contributed by atoms with van der Waals surface area (Å²) in [6.45, 7) is 2.13. The Labute approximate surface area is 144 Å². The number of carboxylic acid groups (broad SMARTS) is 1. The second-order valence-electron chi connectivity index (χ2n) is 6.58. The quantitative estimate of drug-likeness (QED) is 0.806. The van der Waals surface area contributed by atoms with Crippen molar-refractivity contribution in [2.45, 2.75) is 39.0 Å². The van der Waals surface area contributed by atoms with E-state index < -0.39 is 29.0 Å². The molecule has 1 N–H and O–H groups in total. The Bertz CT molecular complexity index is 807. The van der Waals surface area contributed by atoms with Gasteiger partial charge in [0.15, 0.2) is 0 Å². The molecule has 0 fully saturated rings. The molecule has 132 valence electrons. The van der Waals surface area contributed by atoms with Gasteiger partial charge in [-0.05, 0) is 54.0 Å². The lowest BCUT2D eigenvalue weighted by atomic mass is 9.80. The molecule has 0 spiro atoms. The number of fused-ring (bicyclic) bond motifs is 1. The first-order valence-corrected chi connectivity index (χ1v) is 8.45. The zero-order valence-corrected chi connectivity index (χ0v) is 13.9. The van der Waals surface area contributed by atoms with Crippen LogP contribution in [0.1, 0.15) is 47.7 Å². The molecule has 0 saturated carbocycles. The van der Waals surface area contributed by atoms with Crippen LogP contribution in [-0.4, -0.2) is 11.1 Å². The minimum Gasteiger partial charge on any atom is -0.477 e. The summed E-state index contributed by atoms with van der Waals surface area (Å²) >= 11 is 0. The van der Waals surface area contributed by atoms with Crippen LogP contribution in [0.15, 0.2) is 24.3 Å². The molecule has 1 atom stereocenters. The van der Waals surface area contributed by atoms with Gasteiger partial charge in [-0.2, -0.15) is 0 Å². The molecular formula is C20H19F3O2. The summed E-state index contributed by atoms with van der Waals surface area (Å²) in [6, 6.07) is 5.09. The van der Waals surface area contributed by atoms with Crippen LogP contribution < -0.4 is 0 Å². The fraction of sp³-hybridized carbons (Fsp3) is 0.350. The van der Waals surface area contributed by atoms with Crippen LogP contribution in [0.3, 0.4) is 0 Å². The van der Waals surface area contributed by atoms with Crippen molar-refractivity contribution in [3.8, 4) is 11.1 Å². The van der Waals surface area contributed by atoms with Gasteiger partial charge < -0.3 is 5.11 Å². The molecule has 2 nitrogen and oxygen atoms in total. The number of hydrogen-bond acceptors (Lipinski definition) is 1. The summed E-state index contributed by atoms with van der Waals surface area (Å²) in [6.07, 6.45) is 4.53. The van der Waals surface area contributed by atoms with Gasteiger partial charge in [0, 0.05) is 5.56 Å². The summed E-state index contributed by atoms with van der Waals surface area (Å²) in [5.41, 5.74) is 0.643. The van der Waals surface area contributed by atoms with E-state index in [1.54, 1.807) is 0 Å². The van der Waals surface area contributed by atoms with E-state index in [-0.39, 0.29) is 11.1 Å². The first kappa shape index (κ1) is 17.5. The van der Waals surface area contributed by atoms with E-state index in [1.807, 2.05) is 6.07 Å². The van der Waals surface area contributed by atoms with Crippen molar-refractivity contribution in [1.82, 2.24) is 0 Å². The highest BCUT2D eigenvalue weighted by Gasteiger charge is 2.24. The zero-order valence-electron chi connectivity index (χ0n) is 13.9. The van der Waals surface area contributed by atoms with Gasteiger partial charge in [-0.3, -0.25) is 0 Å². The molecule has 1 aliphatic carbocycles. The second-order valence-corrected chi connectivity index (χ2v) is 6.58. The van der Waals surface area contributed by atoms with Crippen LogP contribution in [0, 0.1) is 23.4 Å². The second kappa shape index (κ2) is 6.90. The smallest absolute Gasteiger partial charge is 0.341 e. The third-order valence-corrected chi connectivity index (χ3v) is 4.92. The Kier molecular flexibility index (Phi) is 4.84. The van der Waals surface area contributed by atoms with E-state index in [9.17, 15) is 18.0 Å². The zero-order chi connectivity index (χ0) is 18.1. The third-order valence-electron chi connectivity index (χ3n) is 4.92. The minimum absolute atomic E-state index is 0.0102. The Morgan fingerprint density at radius 1 is 1.20 bits per heavy atom. The SMILES string of the molecule is CCCC1CCc2c(ccc(-c3cc(F)c(C(=O)O)c(F)c3)c2F)C1. The summed E-state index contributed by atoms with van der Waals surface area (Å²) < 4.78 is 42.7. The number of carbonyl (C=O) groups is 1. The Morgan fingerprint density at radius 3 is 2.48 bits per heavy atom. The average molecular weight is 348 g/mol. The number of halogens is 3. The van der Waals surface area contributed by atoms with Crippen molar-refractivity contribution >= 4 is 5.97 Å². The van der Waals surface area contributed by atoms with E-state index in [2.05, 4.69) is 6.92 Å². The van der Waals surface area contributed by atoms with Gasteiger partial charge in [-0.25, -0.2) is 18.0 Å². The highest BCUT2D eigenvalue weighted by molar-refractivity contribution is 5.89. The van der Waals surface area contributed by atoms with Crippen molar-refractivity contribution in [2.75, 3.05) is 0 Å². The number of carboxylic acids is 1. The van der Waals surface area contributed by atoms with E-state index in [4.69, 9.17) is 5.11 Å². The topological polar surface area (TPSA) is 37.3 Å². The lowest BCUT2D eigenvalue weighted by Crippen LogP contribution is -2.16. The molecule has 2 aromatic rings. The van der Waals surface area contributed by atoms with Gasteiger partial charge in [-0.1, -0.05) is 31.9 Å². The molecule has 0 amide bonds. The van der Waals surface area contributed by atoms with Crippen LogP contribution in [0.25, 0.3) is 11.1 Å². The Morgan fingerprint density at radius 2 is 1.88 bits per heavy atom. The van der Waals surface area contributed by atoms with Crippen molar-refractivity contribution in [3.63, 3.8) is 0 Å². The molecule has 2 aromatic carbocycles. The normalized spacial score (nSPS) is 16.6. The first-order chi connectivity index (χ1) is 11.9. The largest absolute Gasteiger partial charge is 0.477 e. The molecule has 0 aromatic heterocycles. The van der Waals surface area contributed by atoms with Gasteiger partial charge in [0.25, 0.3) is 0 Å². The predicted octanol–water partition coefficient (Wildman–Crippen LogP) is 5.37. The van der Waals surface area contributed by atoms with E-state index in [0.29, 0.717) is 17.9 Å². The maximum absolute atomic E-state index is 14.9. The van der Waals surface area contributed by atoms with Gasteiger partial charge in [0.05, 0.1) is 0 Å². The highest BCUT2D eigenvalue weighted by atomic mass is 19.1. The maximum Gasteiger partial charge on any atom is 0.341 e. The van der Waals surface area contributed by atoms with E-state index in [0.717, 1.165) is 43.4 Å². The summed E-state index contributed by atoms with van der Waals surface area (Å²) in [7, 11) is 0. The van der Waals surface area contributed by atoms with Gasteiger partial charge >= 0.3 is 5.97 Å². The van der Waals surface area contributed by atoms with Crippen molar-refractivity contribution in [3.05, 3.63) is 58.4 Å². The summed E-state index contributed by atoms with van der Waals surface area (Å²) in [5.74, 6) is -4.01. The molecule has 5 heteroatoms. The molecule has 0 radical (unpaired) electrons. The fourth-order valence-corrected chi connectivity index (χ4v) is 3.69. The maximum atomic E-state index is 14.9. The highest BCUT2D eigenvalue weighted by Crippen LogP contribution is 2.35. The summed E-state index contributed by atoms with van der Waals surface area (Å²) in [5, 5.41) is 8.84. The van der Waals surface area contributed by atoms with Gasteiger partial charge in [-0.15, -0.1) is 0 Å². The average Bonchev–Trinajstić information content (AvgIpc) is 2.54. The Balaban J connectivity index is 2.02. The van der Waals surface area contributed by atoms with Crippen LogP contribution in [-0.2, 0) is 12.8 Å². The molecule has 25 heavy (non-hydrogen) atoms. The van der Waals surface area contributed by atoms with Gasteiger partial charge in [0.1, 0.15) is 23.0 Å². The van der Waals surface area contributed by atoms with Crippen LogP contribution >= 0.6 is 0 Å². The predicted molar refractivity (Wildman–Crippen MR) is 89.1 cm³/mol.